The predicted molar refractivity (Wildman–Crippen MR) is 99.2 cm³/mol. The van der Waals surface area contributed by atoms with Crippen molar-refractivity contribution >= 4 is 5.96 Å². The topological polar surface area (TPSA) is 77.3 Å². The van der Waals surface area contributed by atoms with Crippen LogP contribution in [0.1, 0.15) is 38.4 Å². The van der Waals surface area contributed by atoms with Crippen LogP contribution in [0.4, 0.5) is 0 Å². The fraction of sp³-hybridized carbons (Fsp3) is 0.737. The second-order valence-corrected chi connectivity index (χ2v) is 6.94. The van der Waals surface area contributed by atoms with Crippen molar-refractivity contribution in [1.29, 1.82) is 0 Å². The van der Waals surface area contributed by atoms with Crippen LogP contribution in [0.25, 0.3) is 0 Å². The van der Waals surface area contributed by atoms with Crippen molar-refractivity contribution in [3.05, 3.63) is 24.2 Å². The summed E-state index contributed by atoms with van der Waals surface area (Å²) in [6.45, 7) is 6.33. The molecule has 0 spiro atoms. The van der Waals surface area contributed by atoms with Crippen LogP contribution in [0.5, 0.6) is 0 Å². The van der Waals surface area contributed by atoms with Crippen LogP contribution in [-0.2, 0) is 20.6 Å². The molecule has 0 saturated carbocycles. The highest BCUT2D eigenvalue weighted by molar-refractivity contribution is 5.79. The third kappa shape index (κ3) is 6.30. The number of aliphatic imine (C=N–C) groups is 1. The van der Waals surface area contributed by atoms with Crippen LogP contribution in [0.3, 0.4) is 0 Å². The molecule has 2 aliphatic rings. The maximum absolute atomic E-state index is 5.78. The molecule has 3 rings (SSSR count). The van der Waals surface area contributed by atoms with E-state index in [9.17, 15) is 0 Å². The van der Waals surface area contributed by atoms with E-state index in [2.05, 4.69) is 10.6 Å². The normalized spacial score (nSPS) is 23.1. The fourth-order valence-corrected chi connectivity index (χ4v) is 3.19. The van der Waals surface area contributed by atoms with Crippen molar-refractivity contribution in [2.75, 3.05) is 39.5 Å². The van der Waals surface area contributed by atoms with E-state index in [0.29, 0.717) is 19.8 Å². The van der Waals surface area contributed by atoms with Gasteiger partial charge in [0.15, 0.2) is 11.7 Å². The number of guanidine groups is 1. The molecule has 2 aliphatic heterocycles. The molecular formula is C19H31N3O4. The Bertz CT molecular complexity index is 535. The molecule has 2 saturated heterocycles. The highest BCUT2D eigenvalue weighted by Crippen LogP contribution is 2.21. The Morgan fingerprint density at radius 3 is 2.77 bits per heavy atom. The minimum atomic E-state index is -0.487. The van der Waals surface area contributed by atoms with Crippen LogP contribution in [-0.4, -0.2) is 57.3 Å². The lowest BCUT2D eigenvalue weighted by molar-refractivity contribution is -0.145. The number of hydrogen-bond donors (Lipinski definition) is 2. The lowest BCUT2D eigenvalue weighted by Crippen LogP contribution is -2.42. The van der Waals surface area contributed by atoms with E-state index in [1.54, 1.807) is 6.26 Å². The zero-order valence-corrected chi connectivity index (χ0v) is 15.7. The second-order valence-electron chi connectivity index (χ2n) is 6.94. The van der Waals surface area contributed by atoms with E-state index in [0.717, 1.165) is 57.1 Å². The van der Waals surface area contributed by atoms with Crippen molar-refractivity contribution < 1.29 is 18.6 Å². The lowest BCUT2D eigenvalue weighted by atomic mass is 10.1. The first-order valence-electron chi connectivity index (χ1n) is 9.68. The number of nitrogens with one attached hydrogen (secondary N) is 2. The Balaban J connectivity index is 1.46. The lowest BCUT2D eigenvalue weighted by Gasteiger charge is -2.23. The van der Waals surface area contributed by atoms with Crippen LogP contribution >= 0.6 is 0 Å². The maximum Gasteiger partial charge on any atom is 0.191 e. The first-order chi connectivity index (χ1) is 12.7. The standard InChI is InChI=1S/C19H31N3O4/c1-19(25-13-14-26-19)8-10-21-18(20-9-7-16-6-4-12-23-16)22-15-17-5-2-3-11-24-17/h4,6,12,17H,2-3,5,7-11,13-15H2,1H3,(H2,20,21,22). The molecule has 0 bridgehead atoms. The summed E-state index contributed by atoms with van der Waals surface area (Å²) in [6, 6.07) is 3.89. The van der Waals surface area contributed by atoms with Gasteiger partial charge in [0, 0.05) is 32.5 Å². The summed E-state index contributed by atoms with van der Waals surface area (Å²) in [5.74, 6) is 1.28. The Hall–Kier alpha value is -1.57. The summed E-state index contributed by atoms with van der Waals surface area (Å²) in [4.78, 5) is 4.71. The van der Waals surface area contributed by atoms with Gasteiger partial charge in [-0.05, 0) is 38.3 Å². The molecule has 1 atom stereocenters. The Morgan fingerprint density at radius 1 is 1.19 bits per heavy atom. The van der Waals surface area contributed by atoms with E-state index >= 15 is 0 Å². The van der Waals surface area contributed by atoms with Gasteiger partial charge in [-0.2, -0.15) is 0 Å². The molecule has 146 valence electrons. The van der Waals surface area contributed by atoms with Crippen molar-refractivity contribution in [2.24, 2.45) is 4.99 Å². The maximum atomic E-state index is 5.78. The number of ether oxygens (including phenoxy) is 3. The molecule has 7 heteroatoms. The monoisotopic (exact) mass is 365 g/mol. The van der Waals surface area contributed by atoms with Gasteiger partial charge in [0.2, 0.25) is 0 Å². The van der Waals surface area contributed by atoms with Crippen LogP contribution in [0, 0.1) is 0 Å². The summed E-state index contributed by atoms with van der Waals surface area (Å²) >= 11 is 0. The molecule has 2 fully saturated rings. The van der Waals surface area contributed by atoms with Crippen LogP contribution in [0.2, 0.25) is 0 Å². The third-order valence-corrected chi connectivity index (χ3v) is 4.74. The summed E-state index contributed by atoms with van der Waals surface area (Å²) in [6.07, 6.45) is 6.98. The summed E-state index contributed by atoms with van der Waals surface area (Å²) in [5, 5.41) is 6.76. The van der Waals surface area contributed by atoms with Gasteiger partial charge in [0.05, 0.1) is 32.1 Å². The Kier molecular flexibility index (Phi) is 7.34. The Morgan fingerprint density at radius 2 is 2.04 bits per heavy atom. The summed E-state index contributed by atoms with van der Waals surface area (Å²) < 4.78 is 22.5. The molecule has 2 N–H and O–H groups in total. The largest absolute Gasteiger partial charge is 0.469 e. The molecule has 0 aliphatic carbocycles. The zero-order chi connectivity index (χ0) is 18.1. The molecule has 0 amide bonds. The van der Waals surface area contributed by atoms with Gasteiger partial charge in [-0.15, -0.1) is 0 Å². The van der Waals surface area contributed by atoms with Gasteiger partial charge in [-0.1, -0.05) is 0 Å². The summed E-state index contributed by atoms with van der Waals surface area (Å²) in [5.41, 5.74) is 0. The van der Waals surface area contributed by atoms with Crippen molar-refractivity contribution in [3.8, 4) is 0 Å². The van der Waals surface area contributed by atoms with Gasteiger partial charge in [0.1, 0.15) is 5.76 Å². The van der Waals surface area contributed by atoms with E-state index in [1.165, 1.54) is 6.42 Å². The molecule has 3 heterocycles. The number of furan rings is 1. The SMILES string of the molecule is CC1(CCNC(=NCC2CCCCO2)NCCc2ccco2)OCCO1. The molecule has 0 aromatic carbocycles. The summed E-state index contributed by atoms with van der Waals surface area (Å²) in [7, 11) is 0. The van der Waals surface area contributed by atoms with Gasteiger partial charge in [-0.25, -0.2) is 0 Å². The number of rotatable bonds is 8. The van der Waals surface area contributed by atoms with Crippen LogP contribution < -0.4 is 10.6 Å². The second kappa shape index (κ2) is 9.94. The quantitative estimate of drug-likeness (QED) is 0.543. The van der Waals surface area contributed by atoms with E-state index in [1.807, 2.05) is 19.1 Å². The highest BCUT2D eigenvalue weighted by Gasteiger charge is 2.30. The van der Waals surface area contributed by atoms with Crippen molar-refractivity contribution in [2.45, 2.75) is 50.9 Å². The average molecular weight is 365 g/mol. The molecule has 0 radical (unpaired) electrons. The fourth-order valence-electron chi connectivity index (χ4n) is 3.19. The Labute approximate surface area is 155 Å². The predicted octanol–water partition coefficient (Wildman–Crippen LogP) is 2.08. The number of hydrogen-bond acceptors (Lipinski definition) is 5. The molecule has 1 aromatic heterocycles. The minimum Gasteiger partial charge on any atom is -0.469 e. The average Bonchev–Trinajstić information content (AvgIpc) is 3.32. The van der Waals surface area contributed by atoms with E-state index in [-0.39, 0.29) is 6.10 Å². The highest BCUT2D eigenvalue weighted by atomic mass is 16.7. The van der Waals surface area contributed by atoms with Gasteiger partial charge >= 0.3 is 0 Å². The van der Waals surface area contributed by atoms with E-state index < -0.39 is 5.79 Å². The smallest absolute Gasteiger partial charge is 0.191 e. The molecule has 1 aromatic rings. The van der Waals surface area contributed by atoms with Gasteiger partial charge in [-0.3, -0.25) is 4.99 Å². The number of nitrogens with zero attached hydrogens (tertiary/aromatic N) is 1. The molecule has 26 heavy (non-hydrogen) atoms. The van der Waals surface area contributed by atoms with Crippen LogP contribution in [0.15, 0.2) is 27.8 Å². The minimum absolute atomic E-state index is 0.228. The first-order valence-corrected chi connectivity index (χ1v) is 9.68. The van der Waals surface area contributed by atoms with Crippen molar-refractivity contribution in [3.63, 3.8) is 0 Å². The van der Waals surface area contributed by atoms with Gasteiger partial charge < -0.3 is 29.3 Å². The van der Waals surface area contributed by atoms with Gasteiger partial charge in [0.25, 0.3) is 0 Å². The third-order valence-electron chi connectivity index (χ3n) is 4.74. The first kappa shape index (κ1) is 19.2. The molecular weight excluding hydrogens is 334 g/mol. The van der Waals surface area contributed by atoms with E-state index in [4.69, 9.17) is 23.6 Å². The van der Waals surface area contributed by atoms with Crippen molar-refractivity contribution in [1.82, 2.24) is 10.6 Å². The zero-order valence-electron chi connectivity index (χ0n) is 15.7. The molecule has 7 nitrogen and oxygen atoms in total. The molecule has 1 unspecified atom stereocenters.